The molecule has 0 aliphatic heterocycles. The van der Waals surface area contributed by atoms with Crippen LogP contribution in [0, 0.1) is 0 Å². The van der Waals surface area contributed by atoms with Gasteiger partial charge in [-0.15, -0.1) is 0 Å². The first-order chi connectivity index (χ1) is 12.5. The number of carbonyl (C=O) groups excluding carboxylic acids is 2. The zero-order chi connectivity index (χ0) is 20.2. The molecule has 0 bridgehead atoms. The molecule has 0 aliphatic rings. The van der Waals surface area contributed by atoms with Crippen LogP contribution in [0.25, 0.3) is 0 Å². The SMILES string of the molecule is O=C(Cc1cc(C(F)(F)F)cc(C(F)(F)F)c1)C(=O)OCc1ccccc1. The van der Waals surface area contributed by atoms with Gasteiger partial charge in [0.1, 0.15) is 6.61 Å². The number of ketones is 1. The minimum atomic E-state index is -5.03. The Morgan fingerprint density at radius 1 is 0.778 bits per heavy atom. The van der Waals surface area contributed by atoms with Crippen LogP contribution in [-0.2, 0) is 39.7 Å². The van der Waals surface area contributed by atoms with Gasteiger partial charge < -0.3 is 4.74 Å². The third-order valence-electron chi connectivity index (χ3n) is 3.45. The third-order valence-corrected chi connectivity index (χ3v) is 3.45. The van der Waals surface area contributed by atoms with Crippen molar-refractivity contribution in [2.45, 2.75) is 25.4 Å². The zero-order valence-corrected chi connectivity index (χ0v) is 13.5. The van der Waals surface area contributed by atoms with E-state index in [0.717, 1.165) is 0 Å². The molecular weight excluding hydrogens is 378 g/mol. The topological polar surface area (TPSA) is 43.4 Å². The van der Waals surface area contributed by atoms with Crippen molar-refractivity contribution in [1.82, 2.24) is 0 Å². The fourth-order valence-electron chi connectivity index (χ4n) is 2.18. The molecule has 0 N–H and O–H groups in total. The van der Waals surface area contributed by atoms with Crippen LogP contribution in [0.3, 0.4) is 0 Å². The van der Waals surface area contributed by atoms with Crippen LogP contribution < -0.4 is 0 Å². The largest absolute Gasteiger partial charge is 0.455 e. The van der Waals surface area contributed by atoms with Gasteiger partial charge in [0.05, 0.1) is 11.1 Å². The smallest absolute Gasteiger partial charge is 0.416 e. The molecule has 144 valence electrons. The Morgan fingerprint density at radius 2 is 1.30 bits per heavy atom. The van der Waals surface area contributed by atoms with Crippen molar-refractivity contribution in [2.24, 2.45) is 0 Å². The summed E-state index contributed by atoms with van der Waals surface area (Å²) < 4.78 is 81.5. The van der Waals surface area contributed by atoms with Crippen molar-refractivity contribution in [3.05, 3.63) is 70.8 Å². The lowest BCUT2D eigenvalue weighted by molar-refractivity contribution is -0.154. The number of carbonyl (C=O) groups is 2. The minimum Gasteiger partial charge on any atom is -0.455 e. The molecule has 3 nitrogen and oxygen atoms in total. The van der Waals surface area contributed by atoms with Crippen LogP contribution in [0.15, 0.2) is 48.5 Å². The first kappa shape index (κ1) is 20.5. The number of rotatable bonds is 5. The second-order valence-corrected chi connectivity index (χ2v) is 5.58. The van der Waals surface area contributed by atoms with E-state index in [1.165, 1.54) is 0 Å². The standard InChI is InChI=1S/C18H12F6O3/c19-17(20,21)13-6-12(7-14(9-13)18(22,23)24)8-15(25)16(26)27-10-11-4-2-1-3-5-11/h1-7,9H,8,10H2. The van der Waals surface area contributed by atoms with E-state index in [9.17, 15) is 35.9 Å². The molecule has 9 heteroatoms. The highest BCUT2D eigenvalue weighted by atomic mass is 19.4. The molecular formula is C18H12F6O3. The maximum Gasteiger partial charge on any atom is 0.416 e. The Balaban J connectivity index is 2.15. The highest BCUT2D eigenvalue weighted by Gasteiger charge is 2.37. The summed E-state index contributed by atoms with van der Waals surface area (Å²) in [6, 6.07) is 9.00. The first-order valence-corrected chi connectivity index (χ1v) is 7.49. The molecule has 0 radical (unpaired) electrons. The Labute approximate surface area is 149 Å². The number of Topliss-reactive ketones (excluding diaryl/α,β-unsaturated/α-hetero) is 1. The Hall–Kier alpha value is -2.84. The average molecular weight is 390 g/mol. The summed E-state index contributed by atoms with van der Waals surface area (Å²) in [5.74, 6) is -2.59. The van der Waals surface area contributed by atoms with Crippen LogP contribution in [0.5, 0.6) is 0 Å². The fourth-order valence-corrected chi connectivity index (χ4v) is 2.18. The third kappa shape index (κ3) is 5.83. The van der Waals surface area contributed by atoms with Gasteiger partial charge in [0, 0.05) is 6.42 Å². The monoisotopic (exact) mass is 390 g/mol. The number of esters is 1. The molecule has 0 atom stereocenters. The lowest BCUT2D eigenvalue weighted by Crippen LogP contribution is -2.20. The summed E-state index contributed by atoms with van der Waals surface area (Å²) in [5, 5.41) is 0. The molecule has 0 fully saturated rings. The van der Waals surface area contributed by atoms with E-state index in [2.05, 4.69) is 0 Å². The van der Waals surface area contributed by atoms with Crippen molar-refractivity contribution >= 4 is 11.8 Å². The van der Waals surface area contributed by atoms with E-state index in [1.54, 1.807) is 30.3 Å². The van der Waals surface area contributed by atoms with E-state index in [0.29, 0.717) is 17.7 Å². The van der Waals surface area contributed by atoms with Crippen LogP contribution in [0.1, 0.15) is 22.3 Å². The average Bonchev–Trinajstić information content (AvgIpc) is 2.58. The van der Waals surface area contributed by atoms with Crippen LogP contribution in [0.4, 0.5) is 26.3 Å². The van der Waals surface area contributed by atoms with Gasteiger partial charge in [-0.2, -0.15) is 26.3 Å². The van der Waals surface area contributed by atoms with E-state index in [4.69, 9.17) is 4.74 Å². The van der Waals surface area contributed by atoms with Gasteiger partial charge >= 0.3 is 18.3 Å². The van der Waals surface area contributed by atoms with Crippen LogP contribution in [-0.4, -0.2) is 11.8 Å². The number of hydrogen-bond acceptors (Lipinski definition) is 3. The lowest BCUT2D eigenvalue weighted by Gasteiger charge is -2.14. The molecule has 0 saturated carbocycles. The van der Waals surface area contributed by atoms with Gasteiger partial charge in [0.15, 0.2) is 0 Å². The Bertz CT molecular complexity index is 793. The molecule has 0 amide bonds. The molecule has 0 spiro atoms. The maximum absolute atomic E-state index is 12.8. The molecule has 2 aromatic rings. The van der Waals surface area contributed by atoms with Crippen molar-refractivity contribution in [1.29, 1.82) is 0 Å². The van der Waals surface area contributed by atoms with Crippen LogP contribution >= 0.6 is 0 Å². The number of alkyl halides is 6. The molecule has 0 aromatic heterocycles. The predicted molar refractivity (Wildman–Crippen MR) is 81.4 cm³/mol. The minimum absolute atomic E-state index is 0.0539. The molecule has 27 heavy (non-hydrogen) atoms. The van der Waals surface area contributed by atoms with E-state index in [-0.39, 0.29) is 12.7 Å². The van der Waals surface area contributed by atoms with Crippen LogP contribution in [0.2, 0.25) is 0 Å². The van der Waals surface area contributed by atoms with Gasteiger partial charge in [-0.25, -0.2) is 4.79 Å². The molecule has 0 unspecified atom stereocenters. The highest BCUT2D eigenvalue weighted by Crippen LogP contribution is 2.36. The summed E-state index contributed by atoms with van der Waals surface area (Å²) >= 11 is 0. The number of benzene rings is 2. The van der Waals surface area contributed by atoms with Crippen molar-refractivity contribution in [2.75, 3.05) is 0 Å². The zero-order valence-electron chi connectivity index (χ0n) is 13.5. The van der Waals surface area contributed by atoms with Gasteiger partial charge in [0.25, 0.3) is 0 Å². The van der Waals surface area contributed by atoms with Gasteiger partial charge in [-0.1, -0.05) is 30.3 Å². The molecule has 2 rings (SSSR count). The normalized spacial score (nSPS) is 11.9. The first-order valence-electron chi connectivity index (χ1n) is 7.49. The number of ether oxygens (including phenoxy) is 1. The van der Waals surface area contributed by atoms with Gasteiger partial charge in [-0.3, -0.25) is 4.79 Å². The fraction of sp³-hybridized carbons (Fsp3) is 0.222. The summed E-state index contributed by atoms with van der Waals surface area (Å²) in [7, 11) is 0. The van der Waals surface area contributed by atoms with E-state index in [1.807, 2.05) is 0 Å². The summed E-state index contributed by atoms with van der Waals surface area (Å²) in [4.78, 5) is 23.5. The molecule has 0 aliphatic carbocycles. The number of halogens is 6. The summed E-state index contributed by atoms with van der Waals surface area (Å²) in [5.41, 5.74) is -3.13. The van der Waals surface area contributed by atoms with E-state index >= 15 is 0 Å². The van der Waals surface area contributed by atoms with Gasteiger partial charge in [0.2, 0.25) is 5.78 Å². The quantitative estimate of drug-likeness (QED) is 0.427. The summed E-state index contributed by atoms with van der Waals surface area (Å²) in [6.07, 6.45) is -11.0. The van der Waals surface area contributed by atoms with Gasteiger partial charge in [-0.05, 0) is 29.3 Å². The molecule has 2 aromatic carbocycles. The Morgan fingerprint density at radius 3 is 1.78 bits per heavy atom. The summed E-state index contributed by atoms with van der Waals surface area (Å²) in [6.45, 7) is -0.248. The maximum atomic E-state index is 12.8. The number of hydrogen-bond donors (Lipinski definition) is 0. The van der Waals surface area contributed by atoms with E-state index < -0.39 is 47.2 Å². The van der Waals surface area contributed by atoms with Crippen molar-refractivity contribution in [3.63, 3.8) is 0 Å². The molecule has 0 heterocycles. The second-order valence-electron chi connectivity index (χ2n) is 5.58. The molecule has 0 saturated heterocycles. The predicted octanol–water partition coefficient (Wildman–Crippen LogP) is 4.58. The highest BCUT2D eigenvalue weighted by molar-refractivity contribution is 6.34. The Kier molecular flexibility index (Phi) is 5.92. The lowest BCUT2D eigenvalue weighted by atomic mass is 10.0. The second kappa shape index (κ2) is 7.81. The van der Waals surface area contributed by atoms with Crippen molar-refractivity contribution < 1.29 is 40.7 Å². The van der Waals surface area contributed by atoms with Crippen molar-refractivity contribution in [3.8, 4) is 0 Å².